The van der Waals surface area contributed by atoms with Crippen LogP contribution in [0.25, 0.3) is 0 Å². The number of aliphatic hydroxyl groups is 1. The van der Waals surface area contributed by atoms with Crippen molar-refractivity contribution >= 4 is 6.09 Å². The topological polar surface area (TPSA) is 93.4 Å². The summed E-state index contributed by atoms with van der Waals surface area (Å²) in [6.07, 6.45) is 3.80. The second-order valence-electron chi connectivity index (χ2n) is 4.37. The molecular formula is C11H18N2O3. The van der Waals surface area contributed by atoms with Crippen molar-refractivity contribution in [1.82, 2.24) is 5.32 Å². The van der Waals surface area contributed by atoms with E-state index in [1.165, 1.54) is 6.42 Å². The number of amides is 1. The van der Waals surface area contributed by atoms with Crippen LogP contribution in [-0.4, -0.2) is 28.5 Å². The van der Waals surface area contributed by atoms with Crippen molar-refractivity contribution in [3.8, 4) is 6.07 Å². The highest BCUT2D eigenvalue weighted by molar-refractivity contribution is 5.65. The molecule has 1 unspecified atom stereocenters. The average Bonchev–Trinajstić information content (AvgIpc) is 2.28. The van der Waals surface area contributed by atoms with Gasteiger partial charge < -0.3 is 15.5 Å². The van der Waals surface area contributed by atoms with Gasteiger partial charge in [-0.1, -0.05) is 32.1 Å². The number of hydrogen-bond acceptors (Lipinski definition) is 3. The molecule has 5 nitrogen and oxygen atoms in total. The molecular weight excluding hydrogens is 208 g/mol. The lowest BCUT2D eigenvalue weighted by Crippen LogP contribution is -2.43. The number of rotatable bonds is 4. The first kappa shape index (κ1) is 12.8. The summed E-state index contributed by atoms with van der Waals surface area (Å²) in [7, 11) is 0. The van der Waals surface area contributed by atoms with Crippen molar-refractivity contribution in [3.63, 3.8) is 0 Å². The molecule has 1 fully saturated rings. The molecule has 1 aliphatic carbocycles. The van der Waals surface area contributed by atoms with Crippen LogP contribution in [0.15, 0.2) is 0 Å². The molecule has 0 spiro atoms. The summed E-state index contributed by atoms with van der Waals surface area (Å²) in [5.41, 5.74) is 0. The molecule has 0 bridgehead atoms. The fraction of sp³-hybridized carbons (Fsp3) is 0.818. The van der Waals surface area contributed by atoms with Gasteiger partial charge in [0.25, 0.3) is 0 Å². The third-order valence-electron chi connectivity index (χ3n) is 3.13. The third kappa shape index (κ3) is 4.07. The second kappa shape index (κ2) is 6.33. The molecule has 5 heteroatoms. The normalized spacial score (nSPS) is 20.8. The highest BCUT2D eigenvalue weighted by Crippen LogP contribution is 2.27. The summed E-state index contributed by atoms with van der Waals surface area (Å²) in [5.74, 6) is 0.425. The average molecular weight is 226 g/mol. The minimum atomic E-state index is -1.25. The van der Waals surface area contributed by atoms with Crippen LogP contribution >= 0.6 is 0 Å². The first-order valence-electron chi connectivity index (χ1n) is 5.70. The maximum atomic E-state index is 10.5. The van der Waals surface area contributed by atoms with Gasteiger partial charge in [-0.15, -0.1) is 0 Å². The molecule has 1 rings (SSSR count). The van der Waals surface area contributed by atoms with Crippen LogP contribution in [0, 0.1) is 17.2 Å². The molecule has 0 heterocycles. The van der Waals surface area contributed by atoms with E-state index in [0.717, 1.165) is 25.7 Å². The number of nitrogens with one attached hydrogen (secondary N) is 1. The van der Waals surface area contributed by atoms with Crippen LogP contribution in [0.2, 0.25) is 0 Å². The molecule has 3 N–H and O–H groups in total. The lowest BCUT2D eigenvalue weighted by atomic mass is 9.84. The molecule has 0 aliphatic heterocycles. The zero-order valence-corrected chi connectivity index (χ0v) is 9.22. The van der Waals surface area contributed by atoms with Gasteiger partial charge in [-0.2, -0.15) is 5.26 Å². The number of carbonyl (C=O) groups is 1. The van der Waals surface area contributed by atoms with Crippen LogP contribution in [0.3, 0.4) is 0 Å². The van der Waals surface area contributed by atoms with Crippen LogP contribution < -0.4 is 5.32 Å². The molecule has 0 aromatic carbocycles. The van der Waals surface area contributed by atoms with Gasteiger partial charge in [-0.25, -0.2) is 4.79 Å². The zero-order chi connectivity index (χ0) is 12.0. The summed E-state index contributed by atoms with van der Waals surface area (Å²) in [5, 5.41) is 28.9. The summed E-state index contributed by atoms with van der Waals surface area (Å²) in [6.45, 7) is 0. The Morgan fingerprint density at radius 1 is 1.44 bits per heavy atom. The molecule has 1 aliphatic rings. The van der Waals surface area contributed by atoms with Crippen molar-refractivity contribution in [2.75, 3.05) is 0 Å². The molecule has 0 radical (unpaired) electrons. The highest BCUT2D eigenvalue weighted by atomic mass is 16.4. The van der Waals surface area contributed by atoms with Gasteiger partial charge in [0.15, 0.2) is 6.10 Å². The van der Waals surface area contributed by atoms with Gasteiger partial charge in [0.1, 0.15) is 0 Å². The Balaban J connectivity index is 2.48. The number of hydrogen-bond donors (Lipinski definition) is 3. The number of nitrogens with zero attached hydrogens (tertiary/aromatic N) is 1. The van der Waals surface area contributed by atoms with E-state index in [1.807, 2.05) is 0 Å². The van der Waals surface area contributed by atoms with Crippen LogP contribution in [0.5, 0.6) is 0 Å². The molecule has 16 heavy (non-hydrogen) atoms. The highest BCUT2D eigenvalue weighted by Gasteiger charge is 2.25. The van der Waals surface area contributed by atoms with Gasteiger partial charge in [-0.05, 0) is 12.3 Å². The van der Waals surface area contributed by atoms with Gasteiger partial charge in [0.05, 0.1) is 12.1 Å². The number of nitriles is 1. The van der Waals surface area contributed by atoms with Crippen LogP contribution in [0.1, 0.15) is 38.5 Å². The van der Waals surface area contributed by atoms with Crippen LogP contribution in [0.4, 0.5) is 4.79 Å². The van der Waals surface area contributed by atoms with E-state index in [-0.39, 0.29) is 0 Å². The van der Waals surface area contributed by atoms with E-state index in [1.54, 1.807) is 6.07 Å². The quantitative estimate of drug-likeness (QED) is 0.633. The molecule has 0 aromatic heterocycles. The SMILES string of the molecule is N#CC(O)[C@@H](CC1CCCCC1)NC(=O)O. The van der Waals surface area contributed by atoms with Crippen molar-refractivity contribution in [2.24, 2.45) is 5.92 Å². The predicted octanol–water partition coefficient (Wildman–Crippen LogP) is 1.48. The Labute approximate surface area is 95.1 Å². The van der Waals surface area contributed by atoms with Crippen molar-refractivity contribution < 1.29 is 15.0 Å². The van der Waals surface area contributed by atoms with Gasteiger partial charge in [-0.3, -0.25) is 0 Å². The minimum absolute atomic E-state index is 0.425. The lowest BCUT2D eigenvalue weighted by Gasteiger charge is -2.27. The predicted molar refractivity (Wildman–Crippen MR) is 57.8 cm³/mol. The molecule has 0 saturated heterocycles. The second-order valence-corrected chi connectivity index (χ2v) is 4.37. The van der Waals surface area contributed by atoms with Crippen molar-refractivity contribution in [1.29, 1.82) is 5.26 Å². The van der Waals surface area contributed by atoms with Gasteiger partial charge in [0, 0.05) is 0 Å². The summed E-state index contributed by atoms with van der Waals surface area (Å²) in [4.78, 5) is 10.5. The molecule has 1 saturated carbocycles. The Kier molecular flexibility index (Phi) is 5.06. The maximum Gasteiger partial charge on any atom is 0.405 e. The van der Waals surface area contributed by atoms with Gasteiger partial charge in [0.2, 0.25) is 0 Å². The minimum Gasteiger partial charge on any atom is -0.465 e. The Morgan fingerprint density at radius 3 is 2.56 bits per heavy atom. The third-order valence-corrected chi connectivity index (χ3v) is 3.13. The largest absolute Gasteiger partial charge is 0.465 e. The summed E-state index contributed by atoms with van der Waals surface area (Å²) < 4.78 is 0. The first-order valence-corrected chi connectivity index (χ1v) is 5.70. The number of aliphatic hydroxyl groups excluding tert-OH is 1. The van der Waals surface area contributed by atoms with Crippen molar-refractivity contribution in [3.05, 3.63) is 0 Å². The van der Waals surface area contributed by atoms with Gasteiger partial charge >= 0.3 is 6.09 Å². The fourth-order valence-corrected chi connectivity index (χ4v) is 2.30. The molecule has 0 aromatic rings. The van der Waals surface area contributed by atoms with E-state index in [9.17, 15) is 9.90 Å². The monoisotopic (exact) mass is 226 g/mol. The smallest absolute Gasteiger partial charge is 0.405 e. The van der Waals surface area contributed by atoms with E-state index in [4.69, 9.17) is 10.4 Å². The Morgan fingerprint density at radius 2 is 2.06 bits per heavy atom. The fourth-order valence-electron chi connectivity index (χ4n) is 2.30. The number of carboxylic acid groups (broad SMARTS) is 1. The van der Waals surface area contributed by atoms with E-state index in [2.05, 4.69) is 5.32 Å². The first-order chi connectivity index (χ1) is 7.63. The standard InChI is InChI=1S/C11H18N2O3/c12-7-10(14)9(13-11(15)16)6-8-4-2-1-3-5-8/h8-10,13-14H,1-6H2,(H,15,16)/t9-,10?/m1/s1. The molecule has 2 atom stereocenters. The Bertz CT molecular complexity index is 269. The van der Waals surface area contributed by atoms with E-state index in [0.29, 0.717) is 12.3 Å². The molecule has 1 amide bonds. The summed E-state index contributed by atoms with van der Waals surface area (Å²) in [6, 6.07) is 1.03. The molecule has 90 valence electrons. The Hall–Kier alpha value is -1.28. The summed E-state index contributed by atoms with van der Waals surface area (Å²) >= 11 is 0. The zero-order valence-electron chi connectivity index (χ0n) is 9.22. The lowest BCUT2D eigenvalue weighted by molar-refractivity contribution is 0.138. The van der Waals surface area contributed by atoms with E-state index < -0.39 is 18.2 Å². The van der Waals surface area contributed by atoms with Crippen LogP contribution in [-0.2, 0) is 0 Å². The van der Waals surface area contributed by atoms with Crippen molar-refractivity contribution in [2.45, 2.75) is 50.7 Å². The maximum absolute atomic E-state index is 10.5. The van der Waals surface area contributed by atoms with E-state index >= 15 is 0 Å².